The van der Waals surface area contributed by atoms with Crippen LogP contribution in [0.3, 0.4) is 0 Å². The van der Waals surface area contributed by atoms with Gasteiger partial charge in [-0.25, -0.2) is 4.79 Å². The van der Waals surface area contributed by atoms with E-state index < -0.39 is 5.97 Å². The van der Waals surface area contributed by atoms with Crippen LogP contribution >= 0.6 is 11.3 Å². The van der Waals surface area contributed by atoms with Crippen molar-refractivity contribution in [2.24, 2.45) is 0 Å². The van der Waals surface area contributed by atoms with Gasteiger partial charge >= 0.3 is 5.97 Å². The molecule has 0 aliphatic rings. The summed E-state index contributed by atoms with van der Waals surface area (Å²) in [5.74, 6) is 0.0300. The van der Waals surface area contributed by atoms with Crippen molar-refractivity contribution in [1.82, 2.24) is 4.90 Å². The molecule has 0 saturated heterocycles. The Balaban J connectivity index is 1.95. The fourth-order valence-corrected chi connectivity index (χ4v) is 2.80. The molecule has 106 valence electrons. The molecule has 0 unspecified atom stereocenters. The molecular weight excluding hydrogens is 274 g/mol. The Bertz CT molecular complexity index is 572. The molecule has 1 N–H and O–H groups in total. The first-order chi connectivity index (χ1) is 9.67. The smallest absolute Gasteiger partial charge is 0.328 e. The van der Waals surface area contributed by atoms with Crippen molar-refractivity contribution in [3.05, 3.63) is 52.1 Å². The van der Waals surface area contributed by atoms with Gasteiger partial charge in [0.15, 0.2) is 0 Å². The fourth-order valence-electron chi connectivity index (χ4n) is 1.85. The van der Waals surface area contributed by atoms with E-state index in [0.29, 0.717) is 0 Å². The third-order valence-electron chi connectivity index (χ3n) is 2.86. The molecule has 0 bridgehead atoms. The van der Waals surface area contributed by atoms with Crippen LogP contribution in [0.1, 0.15) is 22.4 Å². The number of carboxylic acid groups (broad SMARTS) is 1. The molecule has 0 radical (unpaired) electrons. The second-order valence-corrected chi connectivity index (χ2v) is 5.56. The molecule has 2 rings (SSSR count). The van der Waals surface area contributed by atoms with Crippen molar-refractivity contribution in [2.75, 3.05) is 6.54 Å². The van der Waals surface area contributed by atoms with Crippen LogP contribution in [0.2, 0.25) is 0 Å². The Morgan fingerprint density at radius 2 is 2.25 bits per heavy atom. The van der Waals surface area contributed by atoms with Crippen LogP contribution in [-0.2, 0) is 17.9 Å². The van der Waals surface area contributed by atoms with E-state index in [1.165, 1.54) is 4.88 Å². The Morgan fingerprint density at radius 3 is 2.90 bits per heavy atom. The molecular formula is C15H17NO3S. The van der Waals surface area contributed by atoms with E-state index in [-0.39, 0.29) is 0 Å². The summed E-state index contributed by atoms with van der Waals surface area (Å²) in [6.45, 7) is 4.66. The third kappa shape index (κ3) is 4.36. The number of hydrogen-bond donors (Lipinski definition) is 1. The van der Waals surface area contributed by atoms with Gasteiger partial charge in [-0.2, -0.15) is 0 Å². The van der Waals surface area contributed by atoms with E-state index >= 15 is 0 Å². The van der Waals surface area contributed by atoms with Crippen LogP contribution < -0.4 is 0 Å². The van der Waals surface area contributed by atoms with E-state index in [1.54, 1.807) is 23.7 Å². The lowest BCUT2D eigenvalue weighted by atomic mass is 10.3. The largest absolute Gasteiger partial charge is 0.478 e. The second kappa shape index (κ2) is 7.07. The number of carboxylic acids is 1. The molecule has 0 saturated carbocycles. The Kier molecular flexibility index (Phi) is 5.15. The molecule has 0 fully saturated rings. The molecule has 0 atom stereocenters. The van der Waals surface area contributed by atoms with Crippen LogP contribution in [0.15, 0.2) is 41.0 Å². The molecule has 0 aliphatic carbocycles. The average molecular weight is 291 g/mol. The van der Waals surface area contributed by atoms with Gasteiger partial charge in [0.25, 0.3) is 0 Å². The molecule has 5 heteroatoms. The van der Waals surface area contributed by atoms with Gasteiger partial charge < -0.3 is 9.52 Å². The van der Waals surface area contributed by atoms with Crippen LogP contribution in [0, 0.1) is 0 Å². The summed E-state index contributed by atoms with van der Waals surface area (Å²) in [5, 5.41) is 8.61. The number of carbonyl (C=O) groups is 1. The molecule has 4 nitrogen and oxygen atoms in total. The monoisotopic (exact) mass is 291 g/mol. The highest BCUT2D eigenvalue weighted by molar-refractivity contribution is 7.12. The van der Waals surface area contributed by atoms with Crippen molar-refractivity contribution in [3.8, 4) is 0 Å². The van der Waals surface area contributed by atoms with Crippen molar-refractivity contribution < 1.29 is 14.3 Å². The van der Waals surface area contributed by atoms with Crippen molar-refractivity contribution in [3.63, 3.8) is 0 Å². The minimum atomic E-state index is -0.923. The minimum absolute atomic E-state index is 0.779. The summed E-state index contributed by atoms with van der Waals surface area (Å²) in [7, 11) is 0. The summed E-state index contributed by atoms with van der Waals surface area (Å²) in [5.41, 5.74) is 0. The summed E-state index contributed by atoms with van der Waals surface area (Å²) >= 11 is 1.61. The molecule has 2 heterocycles. The Morgan fingerprint density at radius 1 is 1.40 bits per heavy atom. The van der Waals surface area contributed by atoms with Crippen molar-refractivity contribution >= 4 is 23.4 Å². The third-order valence-corrected chi connectivity index (χ3v) is 3.89. The van der Waals surface area contributed by atoms with Gasteiger partial charge in [0.1, 0.15) is 5.76 Å². The first-order valence-electron chi connectivity index (χ1n) is 6.42. The van der Waals surface area contributed by atoms with Crippen LogP contribution in [0.5, 0.6) is 0 Å². The molecule has 0 aromatic carbocycles. The molecule has 0 amide bonds. The predicted molar refractivity (Wildman–Crippen MR) is 79.5 cm³/mol. The first-order valence-corrected chi connectivity index (χ1v) is 7.23. The zero-order valence-electron chi connectivity index (χ0n) is 11.3. The number of rotatable bonds is 7. The zero-order valence-corrected chi connectivity index (χ0v) is 12.1. The van der Waals surface area contributed by atoms with Crippen molar-refractivity contribution in [2.45, 2.75) is 20.0 Å². The fraction of sp³-hybridized carbons (Fsp3) is 0.267. The van der Waals surface area contributed by atoms with Crippen molar-refractivity contribution in [1.29, 1.82) is 0 Å². The number of furan rings is 1. The first kappa shape index (κ1) is 14.6. The zero-order chi connectivity index (χ0) is 14.4. The van der Waals surface area contributed by atoms with E-state index in [4.69, 9.17) is 9.52 Å². The predicted octanol–water partition coefficient (Wildman–Crippen LogP) is 3.46. The maximum atomic E-state index is 10.5. The van der Waals surface area contributed by atoms with E-state index in [9.17, 15) is 4.79 Å². The van der Waals surface area contributed by atoms with E-state index in [0.717, 1.165) is 36.3 Å². The van der Waals surface area contributed by atoms with E-state index in [1.807, 2.05) is 24.3 Å². The van der Waals surface area contributed by atoms with Gasteiger partial charge in [-0.1, -0.05) is 6.92 Å². The highest BCUT2D eigenvalue weighted by atomic mass is 32.1. The maximum Gasteiger partial charge on any atom is 0.328 e. The number of aliphatic carboxylic acids is 1. The lowest BCUT2D eigenvalue weighted by molar-refractivity contribution is -0.131. The quantitative estimate of drug-likeness (QED) is 0.794. The Labute approximate surface area is 122 Å². The highest BCUT2D eigenvalue weighted by Gasteiger charge is 2.08. The summed E-state index contributed by atoms with van der Waals surface area (Å²) < 4.78 is 5.36. The molecule has 2 aromatic rings. The van der Waals surface area contributed by atoms with Gasteiger partial charge in [-0.15, -0.1) is 11.3 Å². The molecule has 2 aromatic heterocycles. The second-order valence-electron chi connectivity index (χ2n) is 4.36. The van der Waals surface area contributed by atoms with Crippen LogP contribution in [-0.4, -0.2) is 22.5 Å². The topological polar surface area (TPSA) is 53.7 Å². The maximum absolute atomic E-state index is 10.5. The summed E-state index contributed by atoms with van der Waals surface area (Å²) in [6.07, 6.45) is 4.47. The Hall–Kier alpha value is -1.85. The van der Waals surface area contributed by atoms with E-state index in [2.05, 4.69) is 11.8 Å². The summed E-state index contributed by atoms with van der Waals surface area (Å²) in [4.78, 5) is 14.9. The van der Waals surface area contributed by atoms with Gasteiger partial charge in [0.05, 0.1) is 12.8 Å². The lowest BCUT2D eigenvalue weighted by Gasteiger charge is -2.17. The SMILES string of the molecule is CCN(Cc1ccco1)Cc1ccc(C=CC(=O)O)s1. The van der Waals surface area contributed by atoms with Crippen LogP contribution in [0.25, 0.3) is 6.08 Å². The average Bonchev–Trinajstić information content (AvgIpc) is 3.07. The molecule has 0 spiro atoms. The lowest BCUT2D eigenvalue weighted by Crippen LogP contribution is -2.21. The number of nitrogens with zero attached hydrogens (tertiary/aromatic N) is 1. The minimum Gasteiger partial charge on any atom is -0.478 e. The normalized spacial score (nSPS) is 11.5. The standard InChI is InChI=1S/C15H17NO3S/c1-2-16(10-12-4-3-9-19-12)11-14-6-5-13(20-14)7-8-15(17)18/h3-9H,2,10-11H2,1H3,(H,17,18). The van der Waals surface area contributed by atoms with Gasteiger partial charge in [-0.3, -0.25) is 4.90 Å². The number of thiophene rings is 1. The highest BCUT2D eigenvalue weighted by Crippen LogP contribution is 2.20. The number of hydrogen-bond acceptors (Lipinski definition) is 4. The van der Waals surface area contributed by atoms with Gasteiger partial charge in [-0.05, 0) is 36.9 Å². The summed E-state index contributed by atoms with van der Waals surface area (Å²) in [6, 6.07) is 7.85. The van der Waals surface area contributed by atoms with Crippen LogP contribution in [0.4, 0.5) is 0 Å². The van der Waals surface area contributed by atoms with Gasteiger partial charge in [0, 0.05) is 22.4 Å². The molecule has 20 heavy (non-hydrogen) atoms. The van der Waals surface area contributed by atoms with Gasteiger partial charge in [0.2, 0.25) is 0 Å². The molecule has 0 aliphatic heterocycles.